The average molecular weight is 241 g/mol. The number of hydrogen-bond donors (Lipinski definition) is 0. The molecule has 0 radical (unpaired) electrons. The van der Waals surface area contributed by atoms with Crippen molar-refractivity contribution in [1.29, 1.82) is 0 Å². The van der Waals surface area contributed by atoms with Crippen LogP contribution in [0.1, 0.15) is 30.7 Å². The van der Waals surface area contributed by atoms with Crippen LogP contribution in [0.25, 0.3) is 0 Å². The molecule has 0 bridgehead atoms. The molecule has 1 aromatic heterocycles. The zero-order valence-corrected chi connectivity index (χ0v) is 10.9. The summed E-state index contributed by atoms with van der Waals surface area (Å²) in [5.41, 5.74) is 2.93. The van der Waals surface area contributed by atoms with Crippen LogP contribution in [-0.2, 0) is 22.5 Å². The summed E-state index contributed by atoms with van der Waals surface area (Å²) in [6.45, 7) is 6.76. The molecule has 1 atom stereocenters. The number of pyridine rings is 1. The molecule has 0 N–H and O–H groups in total. The fourth-order valence-electron chi connectivity index (χ4n) is 1.70. The highest BCUT2D eigenvalue weighted by molar-refractivity contribution is 7.09. The lowest BCUT2D eigenvalue weighted by Gasteiger charge is -2.34. The van der Waals surface area contributed by atoms with E-state index in [0.29, 0.717) is 13.2 Å². The summed E-state index contributed by atoms with van der Waals surface area (Å²) in [5.74, 6) is 0.246. The molecule has 1 aliphatic rings. The van der Waals surface area contributed by atoms with Crippen LogP contribution in [0.3, 0.4) is 0 Å². The van der Waals surface area contributed by atoms with Gasteiger partial charge in [0, 0.05) is 40.6 Å². The van der Waals surface area contributed by atoms with Crippen molar-refractivity contribution in [2.75, 3.05) is 0 Å². The number of aryl methyl sites for hydroxylation is 1. The van der Waals surface area contributed by atoms with Gasteiger partial charge in [-0.25, -0.2) is 0 Å². The zero-order chi connectivity index (χ0) is 11.8. The Bertz CT molecular complexity index is 406. The van der Waals surface area contributed by atoms with Crippen LogP contribution in [0.4, 0.5) is 0 Å². The number of fused-ring (bicyclic) bond motifs is 1. The van der Waals surface area contributed by atoms with E-state index < -0.39 is 5.79 Å². The molecule has 0 amide bonds. The first-order valence-electron chi connectivity index (χ1n) is 5.15. The first-order valence-corrected chi connectivity index (χ1v) is 5.62. The highest BCUT2D eigenvalue weighted by Gasteiger charge is 2.30. The number of nitrogens with zero attached hydrogens (tertiary/aromatic N) is 1. The summed E-state index contributed by atoms with van der Waals surface area (Å²) >= 11 is 0. The summed E-state index contributed by atoms with van der Waals surface area (Å²) in [7, 11) is 2.24. The van der Waals surface area contributed by atoms with Crippen molar-refractivity contribution in [2.45, 2.75) is 39.8 Å². The Morgan fingerprint density at radius 1 is 1.56 bits per heavy atom. The summed E-state index contributed by atoms with van der Waals surface area (Å²) in [5, 5.41) is 0. The van der Waals surface area contributed by atoms with Gasteiger partial charge in [-0.05, 0) is 6.92 Å². The van der Waals surface area contributed by atoms with Gasteiger partial charge in [0.25, 0.3) is 0 Å². The Morgan fingerprint density at radius 3 is 3.00 bits per heavy atom. The fraction of sp³-hybridized carbons (Fsp3) is 0.545. The Kier molecular flexibility index (Phi) is 3.15. The molecule has 88 valence electrons. The van der Waals surface area contributed by atoms with E-state index in [1.54, 1.807) is 0 Å². The van der Waals surface area contributed by atoms with Crippen LogP contribution in [0.5, 0.6) is 5.75 Å². The lowest BCUT2D eigenvalue weighted by Crippen LogP contribution is -2.36. The van der Waals surface area contributed by atoms with E-state index in [0.717, 1.165) is 22.6 Å². The van der Waals surface area contributed by atoms with Crippen molar-refractivity contribution in [3.05, 3.63) is 23.0 Å². The molecule has 4 nitrogen and oxygen atoms in total. The second-order valence-electron chi connectivity index (χ2n) is 4.28. The second-order valence-corrected chi connectivity index (χ2v) is 4.61. The highest BCUT2D eigenvalue weighted by atomic mass is 31.0. The topological polar surface area (TPSA) is 40.6 Å². The van der Waals surface area contributed by atoms with Crippen molar-refractivity contribution in [1.82, 2.24) is 4.98 Å². The maximum Gasteiger partial charge on any atom is 0.205 e. The molecule has 0 aromatic carbocycles. The smallest absolute Gasteiger partial charge is 0.205 e. The standard InChI is InChI=1S/C11H16NO3P/c1-7-10-9(6-13-11(2,3)15-10)8(4-12-7)5-14-16/h4H,5-6,16H2,1-3H3. The minimum Gasteiger partial charge on any atom is -0.461 e. The fourth-order valence-corrected chi connectivity index (χ4v) is 1.88. The van der Waals surface area contributed by atoms with Gasteiger partial charge in [0.05, 0.1) is 18.9 Å². The zero-order valence-electron chi connectivity index (χ0n) is 9.74. The van der Waals surface area contributed by atoms with Crippen LogP contribution >= 0.6 is 9.47 Å². The monoisotopic (exact) mass is 241 g/mol. The Labute approximate surface area is 97.6 Å². The maximum absolute atomic E-state index is 5.79. The molecular weight excluding hydrogens is 225 g/mol. The number of ether oxygens (including phenoxy) is 2. The quantitative estimate of drug-likeness (QED) is 0.745. The van der Waals surface area contributed by atoms with E-state index >= 15 is 0 Å². The van der Waals surface area contributed by atoms with Crippen molar-refractivity contribution in [2.24, 2.45) is 0 Å². The molecule has 5 heteroatoms. The summed E-state index contributed by atoms with van der Waals surface area (Å²) in [6, 6.07) is 0. The van der Waals surface area contributed by atoms with Crippen molar-refractivity contribution >= 4 is 9.47 Å². The molecule has 1 aromatic rings. The van der Waals surface area contributed by atoms with E-state index in [2.05, 4.69) is 14.5 Å². The van der Waals surface area contributed by atoms with Gasteiger partial charge in [-0.3, -0.25) is 4.98 Å². The lowest BCUT2D eigenvalue weighted by molar-refractivity contribution is -0.181. The predicted octanol–water partition coefficient (Wildman–Crippen LogP) is 2.34. The third-order valence-corrected chi connectivity index (χ3v) is 2.72. The van der Waals surface area contributed by atoms with Crippen LogP contribution < -0.4 is 4.74 Å². The summed E-state index contributed by atoms with van der Waals surface area (Å²) in [4.78, 5) is 4.31. The van der Waals surface area contributed by atoms with Crippen molar-refractivity contribution < 1.29 is 14.0 Å². The van der Waals surface area contributed by atoms with Crippen molar-refractivity contribution in [3.63, 3.8) is 0 Å². The molecule has 16 heavy (non-hydrogen) atoms. The second kappa shape index (κ2) is 4.28. The molecule has 0 fully saturated rings. The van der Waals surface area contributed by atoms with E-state index in [-0.39, 0.29) is 0 Å². The summed E-state index contributed by atoms with van der Waals surface area (Å²) in [6.07, 6.45) is 1.81. The summed E-state index contributed by atoms with van der Waals surface area (Å²) < 4.78 is 16.5. The van der Waals surface area contributed by atoms with Gasteiger partial charge in [-0.15, -0.1) is 0 Å². The Hall–Kier alpha value is -0.700. The molecule has 2 rings (SSSR count). The number of hydrogen-bond acceptors (Lipinski definition) is 4. The van der Waals surface area contributed by atoms with Crippen LogP contribution in [0.2, 0.25) is 0 Å². The van der Waals surface area contributed by atoms with Crippen molar-refractivity contribution in [3.8, 4) is 5.75 Å². The Morgan fingerprint density at radius 2 is 2.31 bits per heavy atom. The van der Waals surface area contributed by atoms with Gasteiger partial charge in [0.15, 0.2) is 0 Å². The van der Waals surface area contributed by atoms with Gasteiger partial charge in [0.1, 0.15) is 5.75 Å². The van der Waals surface area contributed by atoms with Crippen LogP contribution in [0, 0.1) is 6.92 Å². The normalized spacial score (nSPS) is 17.8. The molecule has 1 aliphatic heterocycles. The largest absolute Gasteiger partial charge is 0.461 e. The first kappa shape index (κ1) is 11.8. The average Bonchev–Trinajstić information content (AvgIpc) is 2.22. The van der Waals surface area contributed by atoms with E-state index in [9.17, 15) is 0 Å². The number of rotatable bonds is 2. The molecule has 1 unspecified atom stereocenters. The van der Waals surface area contributed by atoms with Crippen LogP contribution in [0.15, 0.2) is 6.20 Å². The number of aromatic nitrogens is 1. The molecule has 0 saturated heterocycles. The van der Waals surface area contributed by atoms with Gasteiger partial charge < -0.3 is 14.0 Å². The maximum atomic E-state index is 5.79. The van der Waals surface area contributed by atoms with E-state index in [1.165, 1.54) is 0 Å². The molecule has 2 heterocycles. The Balaban J connectivity index is 2.43. The highest BCUT2D eigenvalue weighted by Crippen LogP contribution is 2.35. The van der Waals surface area contributed by atoms with Gasteiger partial charge in [0.2, 0.25) is 5.79 Å². The lowest BCUT2D eigenvalue weighted by atomic mass is 10.1. The molecular formula is C11H16NO3P. The first-order chi connectivity index (χ1) is 7.53. The molecule has 0 aliphatic carbocycles. The van der Waals surface area contributed by atoms with Gasteiger partial charge in [-0.2, -0.15) is 0 Å². The SMILES string of the molecule is Cc1ncc(COP)c2c1OC(C)(C)OC2. The minimum atomic E-state index is -0.583. The third kappa shape index (κ3) is 2.19. The van der Waals surface area contributed by atoms with Gasteiger partial charge in [-0.1, -0.05) is 0 Å². The minimum absolute atomic E-state index is 0.493. The van der Waals surface area contributed by atoms with Crippen LogP contribution in [-0.4, -0.2) is 10.8 Å². The molecule has 0 saturated carbocycles. The third-order valence-electron chi connectivity index (χ3n) is 2.56. The van der Waals surface area contributed by atoms with E-state index in [4.69, 9.17) is 14.0 Å². The van der Waals surface area contributed by atoms with E-state index in [1.807, 2.05) is 27.0 Å². The predicted molar refractivity (Wildman–Crippen MR) is 63.0 cm³/mol. The molecule has 0 spiro atoms. The van der Waals surface area contributed by atoms with Gasteiger partial charge >= 0.3 is 0 Å².